The first kappa shape index (κ1) is 12.0. The summed E-state index contributed by atoms with van der Waals surface area (Å²) in [7, 11) is 0. The van der Waals surface area contributed by atoms with Crippen molar-refractivity contribution >= 4 is 11.8 Å². The molecule has 5 heteroatoms. The molecule has 0 radical (unpaired) electrons. The Balaban J connectivity index is 2.33. The molecule has 1 aliphatic rings. The van der Waals surface area contributed by atoms with Gasteiger partial charge >= 0.3 is 0 Å². The van der Waals surface area contributed by atoms with E-state index in [9.17, 15) is 9.59 Å². The first-order valence-corrected chi connectivity index (χ1v) is 5.44. The first-order valence-electron chi connectivity index (χ1n) is 5.44. The standard InChI is InChI=1S/C10H19N3O2/c1-3-12-9(14)7(2)13-10(15)8-4-5-11-6-8/h7-8,11H,3-6H2,1-2H3,(H,12,14)(H,13,15)/t7?,8-/m0/s1. The van der Waals surface area contributed by atoms with E-state index >= 15 is 0 Å². The number of hydrogen-bond acceptors (Lipinski definition) is 3. The summed E-state index contributed by atoms with van der Waals surface area (Å²) in [6, 6.07) is -0.446. The van der Waals surface area contributed by atoms with E-state index in [-0.39, 0.29) is 17.7 Å². The molecular formula is C10H19N3O2. The Hall–Kier alpha value is -1.10. The lowest BCUT2D eigenvalue weighted by Crippen LogP contribution is -2.47. The summed E-state index contributed by atoms with van der Waals surface area (Å²) in [5.74, 6) is -0.141. The van der Waals surface area contributed by atoms with E-state index in [1.54, 1.807) is 6.92 Å². The maximum absolute atomic E-state index is 11.6. The van der Waals surface area contributed by atoms with Crippen molar-refractivity contribution in [3.63, 3.8) is 0 Å². The zero-order valence-corrected chi connectivity index (χ0v) is 9.30. The molecule has 0 aliphatic carbocycles. The largest absolute Gasteiger partial charge is 0.355 e. The van der Waals surface area contributed by atoms with Crippen LogP contribution >= 0.6 is 0 Å². The fraction of sp³-hybridized carbons (Fsp3) is 0.800. The number of carbonyl (C=O) groups excluding carboxylic acids is 2. The average molecular weight is 213 g/mol. The Morgan fingerprint density at radius 3 is 2.80 bits per heavy atom. The second-order valence-corrected chi connectivity index (χ2v) is 3.81. The third-order valence-corrected chi connectivity index (χ3v) is 2.53. The third-order valence-electron chi connectivity index (χ3n) is 2.53. The predicted molar refractivity (Wildman–Crippen MR) is 57.3 cm³/mol. The fourth-order valence-corrected chi connectivity index (χ4v) is 1.60. The SMILES string of the molecule is CCNC(=O)C(C)NC(=O)[C@H]1CCNC1. The quantitative estimate of drug-likeness (QED) is 0.575. The van der Waals surface area contributed by atoms with Crippen molar-refractivity contribution in [3.05, 3.63) is 0 Å². The van der Waals surface area contributed by atoms with Crippen molar-refractivity contribution in [3.8, 4) is 0 Å². The first-order chi connectivity index (χ1) is 7.15. The Morgan fingerprint density at radius 1 is 1.53 bits per heavy atom. The van der Waals surface area contributed by atoms with Gasteiger partial charge in [-0.2, -0.15) is 0 Å². The van der Waals surface area contributed by atoms with Crippen LogP contribution in [0.5, 0.6) is 0 Å². The van der Waals surface area contributed by atoms with Crippen molar-refractivity contribution in [1.29, 1.82) is 0 Å². The highest BCUT2D eigenvalue weighted by Gasteiger charge is 2.24. The van der Waals surface area contributed by atoms with Crippen LogP contribution in [0.15, 0.2) is 0 Å². The van der Waals surface area contributed by atoms with Gasteiger partial charge in [0.2, 0.25) is 11.8 Å². The minimum absolute atomic E-state index is 0.0156. The number of amides is 2. The molecule has 0 saturated carbocycles. The van der Waals surface area contributed by atoms with Gasteiger partial charge in [0.05, 0.1) is 5.92 Å². The molecule has 0 aromatic heterocycles. The van der Waals surface area contributed by atoms with Gasteiger partial charge in [-0.1, -0.05) is 0 Å². The number of carbonyl (C=O) groups is 2. The molecule has 1 unspecified atom stereocenters. The lowest BCUT2D eigenvalue weighted by Gasteiger charge is -2.15. The number of rotatable bonds is 4. The maximum Gasteiger partial charge on any atom is 0.242 e. The molecule has 0 aromatic rings. The Labute approximate surface area is 90.0 Å². The zero-order chi connectivity index (χ0) is 11.3. The normalized spacial score (nSPS) is 22.1. The summed E-state index contributed by atoms with van der Waals surface area (Å²) in [4.78, 5) is 23.0. The second kappa shape index (κ2) is 5.70. The van der Waals surface area contributed by atoms with Crippen LogP contribution in [0.4, 0.5) is 0 Å². The summed E-state index contributed by atoms with van der Waals surface area (Å²) >= 11 is 0. The third kappa shape index (κ3) is 3.51. The topological polar surface area (TPSA) is 70.2 Å². The molecule has 1 aliphatic heterocycles. The Kier molecular flexibility index (Phi) is 4.55. The predicted octanol–water partition coefficient (Wildman–Crippen LogP) is -0.763. The van der Waals surface area contributed by atoms with Crippen LogP contribution in [0.1, 0.15) is 20.3 Å². The van der Waals surface area contributed by atoms with Gasteiger partial charge in [-0.15, -0.1) is 0 Å². The molecular weight excluding hydrogens is 194 g/mol. The van der Waals surface area contributed by atoms with Crippen molar-refractivity contribution in [2.75, 3.05) is 19.6 Å². The van der Waals surface area contributed by atoms with Gasteiger partial charge in [-0.3, -0.25) is 9.59 Å². The van der Waals surface area contributed by atoms with E-state index in [1.165, 1.54) is 0 Å². The van der Waals surface area contributed by atoms with Crippen LogP contribution in [0.3, 0.4) is 0 Å². The van der Waals surface area contributed by atoms with Crippen LogP contribution in [-0.4, -0.2) is 37.5 Å². The lowest BCUT2D eigenvalue weighted by molar-refractivity contribution is -0.130. The van der Waals surface area contributed by atoms with Crippen molar-refractivity contribution in [2.24, 2.45) is 5.92 Å². The van der Waals surface area contributed by atoms with Gasteiger partial charge in [0.1, 0.15) is 6.04 Å². The summed E-state index contributed by atoms with van der Waals surface area (Å²) in [6.07, 6.45) is 0.855. The van der Waals surface area contributed by atoms with E-state index in [0.717, 1.165) is 13.0 Å². The molecule has 3 N–H and O–H groups in total. The summed E-state index contributed by atoms with van der Waals surface area (Å²) in [5.41, 5.74) is 0. The molecule has 15 heavy (non-hydrogen) atoms. The van der Waals surface area contributed by atoms with Crippen LogP contribution in [-0.2, 0) is 9.59 Å². The number of nitrogens with one attached hydrogen (secondary N) is 3. The monoisotopic (exact) mass is 213 g/mol. The summed E-state index contributed by atoms with van der Waals surface area (Å²) in [5, 5.41) is 8.51. The molecule has 86 valence electrons. The van der Waals surface area contributed by atoms with E-state index in [1.807, 2.05) is 6.92 Å². The highest BCUT2D eigenvalue weighted by molar-refractivity contribution is 5.88. The fourth-order valence-electron chi connectivity index (χ4n) is 1.60. The smallest absolute Gasteiger partial charge is 0.242 e. The van der Waals surface area contributed by atoms with Gasteiger partial charge in [-0.25, -0.2) is 0 Å². The molecule has 1 fully saturated rings. The van der Waals surface area contributed by atoms with E-state index in [0.29, 0.717) is 13.1 Å². The molecule has 1 heterocycles. The van der Waals surface area contributed by atoms with Crippen molar-refractivity contribution < 1.29 is 9.59 Å². The zero-order valence-electron chi connectivity index (χ0n) is 9.30. The van der Waals surface area contributed by atoms with Crippen LogP contribution in [0.25, 0.3) is 0 Å². The number of likely N-dealkylation sites (N-methyl/N-ethyl adjacent to an activating group) is 1. The average Bonchev–Trinajstić information content (AvgIpc) is 2.70. The second-order valence-electron chi connectivity index (χ2n) is 3.81. The molecule has 5 nitrogen and oxygen atoms in total. The molecule has 0 spiro atoms. The van der Waals surface area contributed by atoms with Gasteiger partial charge < -0.3 is 16.0 Å². The van der Waals surface area contributed by atoms with Crippen molar-refractivity contribution in [2.45, 2.75) is 26.3 Å². The van der Waals surface area contributed by atoms with E-state index in [4.69, 9.17) is 0 Å². The van der Waals surface area contributed by atoms with Gasteiger partial charge in [0.15, 0.2) is 0 Å². The van der Waals surface area contributed by atoms with E-state index in [2.05, 4.69) is 16.0 Å². The van der Waals surface area contributed by atoms with Crippen molar-refractivity contribution in [1.82, 2.24) is 16.0 Å². The molecule has 0 bridgehead atoms. The molecule has 1 saturated heterocycles. The molecule has 1 rings (SSSR count). The maximum atomic E-state index is 11.6. The van der Waals surface area contributed by atoms with Gasteiger partial charge in [0, 0.05) is 13.1 Å². The Morgan fingerprint density at radius 2 is 2.27 bits per heavy atom. The van der Waals surface area contributed by atoms with Crippen LogP contribution in [0, 0.1) is 5.92 Å². The highest BCUT2D eigenvalue weighted by Crippen LogP contribution is 2.07. The molecule has 2 amide bonds. The molecule has 0 aromatic carbocycles. The minimum Gasteiger partial charge on any atom is -0.355 e. The van der Waals surface area contributed by atoms with Gasteiger partial charge in [-0.05, 0) is 26.8 Å². The lowest BCUT2D eigenvalue weighted by atomic mass is 10.1. The van der Waals surface area contributed by atoms with Crippen LogP contribution in [0.2, 0.25) is 0 Å². The van der Waals surface area contributed by atoms with E-state index < -0.39 is 6.04 Å². The van der Waals surface area contributed by atoms with Crippen LogP contribution < -0.4 is 16.0 Å². The summed E-state index contributed by atoms with van der Waals surface area (Å²) in [6.45, 7) is 5.74. The highest BCUT2D eigenvalue weighted by atomic mass is 16.2. The summed E-state index contributed by atoms with van der Waals surface area (Å²) < 4.78 is 0. The number of hydrogen-bond donors (Lipinski definition) is 3. The molecule has 2 atom stereocenters. The minimum atomic E-state index is -0.446. The van der Waals surface area contributed by atoms with Gasteiger partial charge in [0.25, 0.3) is 0 Å². The Bertz CT molecular complexity index is 237.